The summed E-state index contributed by atoms with van der Waals surface area (Å²) in [5.41, 5.74) is 1.95. The molecule has 0 bridgehead atoms. The number of rotatable bonds is 3. The minimum Gasteiger partial charge on any atom is -0.447 e. The Morgan fingerprint density at radius 3 is 2.79 bits per heavy atom. The van der Waals surface area contributed by atoms with Crippen molar-refractivity contribution in [2.45, 2.75) is 12.0 Å². The van der Waals surface area contributed by atoms with Crippen molar-refractivity contribution in [3.05, 3.63) is 72.1 Å². The van der Waals surface area contributed by atoms with Crippen molar-refractivity contribution in [3.63, 3.8) is 0 Å². The van der Waals surface area contributed by atoms with E-state index >= 15 is 0 Å². The molecule has 2 aliphatic rings. The maximum atomic E-state index is 13.3. The molecular weight excluding hydrogens is 356 g/mol. The maximum absolute atomic E-state index is 13.3. The first-order chi connectivity index (χ1) is 13.7. The Balaban J connectivity index is 1.46. The Labute approximate surface area is 162 Å². The van der Waals surface area contributed by atoms with Crippen LogP contribution in [0.15, 0.2) is 60.9 Å². The lowest BCUT2D eigenvalue weighted by Crippen LogP contribution is -2.63. The van der Waals surface area contributed by atoms with Crippen LogP contribution in [0.1, 0.15) is 15.9 Å². The molecule has 3 aromatic rings. The number of piperazine rings is 1. The number of amides is 2. The summed E-state index contributed by atoms with van der Waals surface area (Å²) in [6.45, 7) is 1.68. The van der Waals surface area contributed by atoms with Crippen molar-refractivity contribution < 1.29 is 14.3 Å². The average molecular weight is 376 g/mol. The Bertz CT molecular complexity index is 1050. The highest BCUT2D eigenvalue weighted by atomic mass is 16.6. The van der Waals surface area contributed by atoms with Crippen LogP contribution in [0.5, 0.6) is 0 Å². The molecule has 0 N–H and O–H groups in total. The van der Waals surface area contributed by atoms with Crippen LogP contribution >= 0.6 is 0 Å². The molecule has 2 amide bonds. The van der Waals surface area contributed by atoms with Crippen molar-refractivity contribution in [3.8, 4) is 0 Å². The highest BCUT2D eigenvalue weighted by Crippen LogP contribution is 2.33. The normalized spacial score (nSPS) is 21.6. The molecule has 4 heterocycles. The van der Waals surface area contributed by atoms with Gasteiger partial charge in [-0.2, -0.15) is 5.10 Å². The molecule has 0 spiro atoms. The second-order valence-electron chi connectivity index (χ2n) is 7.41. The van der Waals surface area contributed by atoms with E-state index in [9.17, 15) is 9.59 Å². The molecular formula is C21H20N4O3. The van der Waals surface area contributed by atoms with Crippen LogP contribution in [-0.4, -0.2) is 63.2 Å². The smallest absolute Gasteiger partial charge is 0.410 e. The topological polar surface area (TPSA) is 67.2 Å². The van der Waals surface area contributed by atoms with E-state index in [1.165, 1.54) is 0 Å². The summed E-state index contributed by atoms with van der Waals surface area (Å²) in [6, 6.07) is 15.7. The van der Waals surface area contributed by atoms with Crippen molar-refractivity contribution in [1.82, 2.24) is 19.4 Å². The Hall–Kier alpha value is -3.35. The van der Waals surface area contributed by atoms with Gasteiger partial charge in [0, 0.05) is 32.3 Å². The minimum absolute atomic E-state index is 0.0624. The zero-order valence-corrected chi connectivity index (χ0v) is 15.3. The number of cyclic esters (lactones) is 1. The van der Waals surface area contributed by atoms with Gasteiger partial charge in [-0.25, -0.2) is 9.31 Å². The van der Waals surface area contributed by atoms with Crippen LogP contribution in [-0.2, 0) is 11.2 Å². The molecule has 1 aromatic carbocycles. The number of hydrogen-bond acceptors (Lipinski definition) is 4. The maximum Gasteiger partial charge on any atom is 0.410 e. The van der Waals surface area contributed by atoms with Crippen molar-refractivity contribution in [2.24, 2.45) is 0 Å². The van der Waals surface area contributed by atoms with E-state index in [4.69, 9.17) is 4.74 Å². The van der Waals surface area contributed by atoms with Crippen LogP contribution in [0, 0.1) is 0 Å². The molecule has 142 valence electrons. The predicted octanol–water partition coefficient (Wildman–Crippen LogP) is 2.22. The third-order valence-electron chi connectivity index (χ3n) is 5.66. The first-order valence-corrected chi connectivity index (χ1v) is 9.36. The molecule has 0 saturated carbocycles. The average Bonchev–Trinajstić information content (AvgIpc) is 3.29. The summed E-state index contributed by atoms with van der Waals surface area (Å²) < 4.78 is 7.10. The molecule has 0 aliphatic carbocycles. The summed E-state index contributed by atoms with van der Waals surface area (Å²) >= 11 is 0. The van der Waals surface area contributed by atoms with Crippen molar-refractivity contribution >= 4 is 17.5 Å². The van der Waals surface area contributed by atoms with Gasteiger partial charge in [-0.15, -0.1) is 0 Å². The predicted molar refractivity (Wildman–Crippen MR) is 102 cm³/mol. The van der Waals surface area contributed by atoms with E-state index < -0.39 is 5.54 Å². The number of fused-ring (bicyclic) bond motifs is 2. The lowest BCUT2D eigenvalue weighted by atomic mass is 9.88. The number of carbonyl (C=O) groups is 2. The van der Waals surface area contributed by atoms with E-state index in [1.807, 2.05) is 59.6 Å². The number of aromatic nitrogens is 2. The molecule has 2 saturated heterocycles. The molecule has 7 nitrogen and oxygen atoms in total. The third-order valence-corrected chi connectivity index (χ3v) is 5.66. The van der Waals surface area contributed by atoms with E-state index in [0.29, 0.717) is 38.2 Å². The van der Waals surface area contributed by atoms with Gasteiger partial charge in [-0.3, -0.25) is 9.69 Å². The third kappa shape index (κ3) is 2.62. The number of pyridine rings is 1. The number of nitrogens with zero attached hydrogens (tertiary/aromatic N) is 4. The molecule has 1 atom stereocenters. The molecule has 1 unspecified atom stereocenters. The molecule has 7 heteroatoms. The van der Waals surface area contributed by atoms with Gasteiger partial charge in [0.25, 0.3) is 5.91 Å². The zero-order chi connectivity index (χ0) is 19.1. The number of benzene rings is 1. The van der Waals surface area contributed by atoms with Crippen LogP contribution < -0.4 is 0 Å². The van der Waals surface area contributed by atoms with Crippen molar-refractivity contribution in [2.75, 3.05) is 26.2 Å². The van der Waals surface area contributed by atoms with Crippen LogP contribution in [0.3, 0.4) is 0 Å². The lowest BCUT2D eigenvalue weighted by molar-refractivity contribution is 0.0377. The fraction of sp³-hybridized carbons (Fsp3) is 0.286. The molecule has 2 aliphatic heterocycles. The summed E-state index contributed by atoms with van der Waals surface area (Å²) in [5, 5.41) is 4.28. The number of carbonyl (C=O) groups excluding carboxylic acids is 2. The van der Waals surface area contributed by atoms with Gasteiger partial charge in [0.1, 0.15) is 12.1 Å². The zero-order valence-electron chi connectivity index (χ0n) is 15.3. The monoisotopic (exact) mass is 376 g/mol. The highest BCUT2D eigenvalue weighted by Gasteiger charge is 2.51. The van der Waals surface area contributed by atoms with Gasteiger partial charge in [0.2, 0.25) is 0 Å². The highest BCUT2D eigenvalue weighted by molar-refractivity contribution is 6.00. The molecule has 2 aromatic heterocycles. The largest absolute Gasteiger partial charge is 0.447 e. The van der Waals surface area contributed by atoms with E-state index in [1.54, 1.807) is 15.6 Å². The van der Waals surface area contributed by atoms with E-state index in [0.717, 1.165) is 11.1 Å². The first kappa shape index (κ1) is 16.8. The summed E-state index contributed by atoms with van der Waals surface area (Å²) in [4.78, 5) is 29.2. The van der Waals surface area contributed by atoms with Crippen LogP contribution in [0.4, 0.5) is 4.79 Å². The molecule has 5 rings (SSSR count). The Kier molecular flexibility index (Phi) is 3.82. The number of ether oxygens (including phenoxy) is 1. The Morgan fingerprint density at radius 2 is 1.93 bits per heavy atom. The summed E-state index contributed by atoms with van der Waals surface area (Å²) in [6.07, 6.45) is 3.80. The van der Waals surface area contributed by atoms with Gasteiger partial charge in [0.15, 0.2) is 0 Å². The van der Waals surface area contributed by atoms with Gasteiger partial charge in [-0.05, 0) is 17.7 Å². The van der Waals surface area contributed by atoms with Crippen LogP contribution in [0.25, 0.3) is 5.52 Å². The second-order valence-corrected chi connectivity index (χ2v) is 7.41. The first-order valence-electron chi connectivity index (χ1n) is 9.36. The molecule has 28 heavy (non-hydrogen) atoms. The molecule has 0 radical (unpaired) electrons. The van der Waals surface area contributed by atoms with Gasteiger partial charge in [0.05, 0.1) is 17.3 Å². The molecule has 2 fully saturated rings. The van der Waals surface area contributed by atoms with Gasteiger partial charge < -0.3 is 9.64 Å². The quantitative estimate of drug-likeness (QED) is 0.703. The summed E-state index contributed by atoms with van der Waals surface area (Å²) in [7, 11) is 0. The standard InChI is InChI=1S/C21H20N4O3/c26-19(17-13-22-25-9-5-4-8-18(17)25)23-10-11-24-20(27)28-15-21(24,14-23)12-16-6-2-1-3-7-16/h1-9,13H,10-12,14-15H2. The Morgan fingerprint density at radius 1 is 1.11 bits per heavy atom. The fourth-order valence-corrected chi connectivity index (χ4v) is 4.28. The lowest BCUT2D eigenvalue weighted by Gasteiger charge is -2.44. The van der Waals surface area contributed by atoms with Crippen molar-refractivity contribution in [1.29, 1.82) is 0 Å². The van der Waals surface area contributed by atoms with E-state index in [2.05, 4.69) is 5.10 Å². The van der Waals surface area contributed by atoms with E-state index in [-0.39, 0.29) is 12.0 Å². The number of hydrogen-bond donors (Lipinski definition) is 0. The van der Waals surface area contributed by atoms with Crippen LogP contribution in [0.2, 0.25) is 0 Å². The SMILES string of the molecule is O=C(c1cnn2ccccc12)N1CCN2C(=O)OCC2(Cc2ccccc2)C1. The fourth-order valence-electron chi connectivity index (χ4n) is 4.28. The minimum atomic E-state index is -0.532. The summed E-state index contributed by atoms with van der Waals surface area (Å²) in [5.74, 6) is -0.0624. The second kappa shape index (κ2) is 6.37. The van der Waals surface area contributed by atoms with Gasteiger partial charge >= 0.3 is 6.09 Å². The van der Waals surface area contributed by atoms with Gasteiger partial charge in [-0.1, -0.05) is 36.4 Å².